The molecule has 0 amide bonds. The third-order valence-corrected chi connectivity index (χ3v) is 2.82. The molecule has 1 rings (SSSR count). The van der Waals surface area contributed by atoms with Crippen LogP contribution in [0.4, 0.5) is 0 Å². The Morgan fingerprint density at radius 2 is 2.12 bits per heavy atom. The minimum absolute atomic E-state index is 0.182. The second kappa shape index (κ2) is 6.61. The van der Waals surface area contributed by atoms with Gasteiger partial charge in [0.1, 0.15) is 0 Å². The molecule has 1 N–H and O–H groups in total. The van der Waals surface area contributed by atoms with E-state index in [4.69, 9.17) is 9.84 Å². The van der Waals surface area contributed by atoms with Crippen molar-refractivity contribution in [2.24, 2.45) is 7.05 Å². The molecule has 0 bridgehead atoms. The Labute approximate surface area is 103 Å². The molecular formula is C12H23N3O2. The number of aliphatic hydroxyl groups excluding tert-OH is 1. The molecule has 0 spiro atoms. The molecule has 5 nitrogen and oxygen atoms in total. The van der Waals surface area contributed by atoms with Crippen molar-refractivity contribution in [3.8, 4) is 5.88 Å². The molecule has 0 unspecified atom stereocenters. The number of aryl methyl sites for hydroxylation is 2. The van der Waals surface area contributed by atoms with E-state index >= 15 is 0 Å². The zero-order chi connectivity index (χ0) is 12.8. The summed E-state index contributed by atoms with van der Waals surface area (Å²) in [5.41, 5.74) is 2.10. The van der Waals surface area contributed by atoms with Crippen LogP contribution in [0.25, 0.3) is 0 Å². The second-order valence-electron chi connectivity index (χ2n) is 4.20. The first-order valence-electron chi connectivity index (χ1n) is 6.03. The summed E-state index contributed by atoms with van der Waals surface area (Å²) in [6, 6.07) is 0. The van der Waals surface area contributed by atoms with Gasteiger partial charge in [-0.25, -0.2) is 4.68 Å². The van der Waals surface area contributed by atoms with Crippen molar-refractivity contribution in [3.05, 3.63) is 11.3 Å². The van der Waals surface area contributed by atoms with Crippen molar-refractivity contribution < 1.29 is 9.84 Å². The smallest absolute Gasteiger partial charge is 0.216 e. The summed E-state index contributed by atoms with van der Waals surface area (Å²) in [7, 11) is 3.54. The maximum Gasteiger partial charge on any atom is 0.216 e. The third-order valence-electron chi connectivity index (χ3n) is 2.82. The van der Waals surface area contributed by atoms with E-state index in [0.29, 0.717) is 6.54 Å². The van der Waals surface area contributed by atoms with Crippen LogP contribution in [-0.4, -0.2) is 46.6 Å². The first kappa shape index (κ1) is 14.0. The van der Waals surface area contributed by atoms with Crippen LogP contribution in [0.5, 0.6) is 5.88 Å². The molecule has 5 heteroatoms. The Bertz CT molecular complexity index is 344. The molecular weight excluding hydrogens is 218 g/mol. The average Bonchev–Trinajstić information content (AvgIpc) is 2.54. The summed E-state index contributed by atoms with van der Waals surface area (Å²) in [4.78, 5) is 2.21. The summed E-state index contributed by atoms with van der Waals surface area (Å²) in [5, 5.41) is 13.4. The van der Waals surface area contributed by atoms with Crippen LogP contribution < -0.4 is 4.74 Å². The first-order chi connectivity index (χ1) is 8.13. The molecule has 0 fully saturated rings. The highest BCUT2D eigenvalue weighted by atomic mass is 16.5. The summed E-state index contributed by atoms with van der Waals surface area (Å²) in [5.74, 6) is 0.807. The van der Waals surface area contributed by atoms with Gasteiger partial charge in [-0.3, -0.25) is 4.90 Å². The van der Waals surface area contributed by atoms with Crippen molar-refractivity contribution >= 4 is 0 Å². The quantitative estimate of drug-likeness (QED) is 0.772. The highest BCUT2D eigenvalue weighted by Crippen LogP contribution is 2.22. The van der Waals surface area contributed by atoms with E-state index in [1.165, 1.54) is 0 Å². The van der Waals surface area contributed by atoms with Gasteiger partial charge in [0.2, 0.25) is 5.88 Å². The van der Waals surface area contributed by atoms with E-state index in [2.05, 4.69) is 16.9 Å². The monoisotopic (exact) mass is 241 g/mol. The maximum absolute atomic E-state index is 9.05. The van der Waals surface area contributed by atoms with E-state index < -0.39 is 0 Å². The predicted molar refractivity (Wildman–Crippen MR) is 67.2 cm³/mol. The van der Waals surface area contributed by atoms with Crippen molar-refractivity contribution in [2.75, 3.05) is 26.8 Å². The largest absolute Gasteiger partial charge is 0.481 e. The van der Waals surface area contributed by atoms with E-state index in [9.17, 15) is 0 Å². The van der Waals surface area contributed by atoms with E-state index in [0.717, 1.165) is 36.6 Å². The first-order valence-corrected chi connectivity index (χ1v) is 6.03. The van der Waals surface area contributed by atoms with Gasteiger partial charge in [-0.15, -0.1) is 0 Å². The van der Waals surface area contributed by atoms with Crippen LogP contribution in [0.1, 0.15) is 24.6 Å². The number of ether oxygens (including phenoxy) is 1. The lowest BCUT2D eigenvalue weighted by molar-refractivity contribution is 0.188. The Hall–Kier alpha value is -1.07. The zero-order valence-electron chi connectivity index (χ0n) is 11.2. The molecule has 1 heterocycles. The van der Waals surface area contributed by atoms with Crippen LogP contribution in [-0.2, 0) is 13.6 Å². The molecule has 1 aromatic heterocycles. The second-order valence-corrected chi connectivity index (χ2v) is 4.20. The topological polar surface area (TPSA) is 50.5 Å². The number of hydrogen-bond donors (Lipinski definition) is 1. The molecule has 0 atom stereocenters. The standard InChI is InChI=1S/C12H23N3O2/c1-5-6-15(7-8-16)9-11-10(2)13-14(3)12(11)17-4/h16H,5-9H2,1-4H3. The molecule has 0 aliphatic carbocycles. The van der Waals surface area contributed by atoms with Gasteiger partial charge in [0, 0.05) is 20.1 Å². The fourth-order valence-electron chi connectivity index (χ4n) is 2.07. The maximum atomic E-state index is 9.05. The van der Waals surface area contributed by atoms with Gasteiger partial charge in [0.25, 0.3) is 0 Å². The molecule has 0 aromatic carbocycles. The number of nitrogens with zero attached hydrogens (tertiary/aromatic N) is 3. The summed E-state index contributed by atoms with van der Waals surface area (Å²) in [6.45, 7) is 6.74. The van der Waals surface area contributed by atoms with Crippen LogP contribution in [0, 0.1) is 6.92 Å². The fourth-order valence-corrected chi connectivity index (χ4v) is 2.07. The summed E-state index contributed by atoms with van der Waals surface area (Å²) in [6.07, 6.45) is 1.07. The lowest BCUT2D eigenvalue weighted by atomic mass is 10.2. The van der Waals surface area contributed by atoms with Crippen molar-refractivity contribution in [3.63, 3.8) is 0 Å². The zero-order valence-corrected chi connectivity index (χ0v) is 11.2. The molecule has 1 aromatic rings. The minimum Gasteiger partial charge on any atom is -0.481 e. The van der Waals surface area contributed by atoms with Crippen molar-refractivity contribution in [2.45, 2.75) is 26.8 Å². The number of hydrogen-bond acceptors (Lipinski definition) is 4. The van der Waals surface area contributed by atoms with E-state index in [1.54, 1.807) is 11.8 Å². The molecule has 0 aliphatic rings. The van der Waals surface area contributed by atoms with E-state index in [1.807, 2.05) is 14.0 Å². The van der Waals surface area contributed by atoms with Crippen molar-refractivity contribution in [1.29, 1.82) is 0 Å². The number of aromatic nitrogens is 2. The predicted octanol–water partition coefficient (Wildman–Crippen LogP) is 0.941. The molecule has 17 heavy (non-hydrogen) atoms. The van der Waals surface area contributed by atoms with Gasteiger partial charge >= 0.3 is 0 Å². The Morgan fingerprint density at radius 1 is 1.41 bits per heavy atom. The number of rotatable bonds is 7. The van der Waals surface area contributed by atoms with Crippen LogP contribution in [0.2, 0.25) is 0 Å². The Balaban J connectivity index is 2.83. The van der Waals surface area contributed by atoms with Crippen LogP contribution in [0.15, 0.2) is 0 Å². The molecule has 0 saturated heterocycles. The lowest BCUT2D eigenvalue weighted by Gasteiger charge is -2.20. The van der Waals surface area contributed by atoms with Gasteiger partial charge in [-0.05, 0) is 19.9 Å². The van der Waals surface area contributed by atoms with Crippen LogP contribution >= 0.6 is 0 Å². The third kappa shape index (κ3) is 3.44. The SMILES string of the molecule is CCCN(CCO)Cc1c(C)nn(C)c1OC. The van der Waals surface area contributed by atoms with Gasteiger partial charge in [0.05, 0.1) is 25.0 Å². The van der Waals surface area contributed by atoms with Gasteiger partial charge in [-0.1, -0.05) is 6.92 Å². The molecule has 98 valence electrons. The van der Waals surface area contributed by atoms with Gasteiger partial charge in [-0.2, -0.15) is 5.10 Å². The number of aliphatic hydroxyl groups is 1. The summed E-state index contributed by atoms with van der Waals surface area (Å²) >= 11 is 0. The Kier molecular flexibility index (Phi) is 5.44. The molecule has 0 saturated carbocycles. The lowest BCUT2D eigenvalue weighted by Crippen LogP contribution is -2.27. The molecule has 0 aliphatic heterocycles. The molecule has 0 radical (unpaired) electrons. The number of methoxy groups -OCH3 is 1. The van der Waals surface area contributed by atoms with Gasteiger partial charge in [0.15, 0.2) is 0 Å². The minimum atomic E-state index is 0.182. The van der Waals surface area contributed by atoms with Gasteiger partial charge < -0.3 is 9.84 Å². The van der Waals surface area contributed by atoms with E-state index in [-0.39, 0.29) is 6.61 Å². The highest BCUT2D eigenvalue weighted by molar-refractivity contribution is 5.30. The highest BCUT2D eigenvalue weighted by Gasteiger charge is 2.16. The van der Waals surface area contributed by atoms with Crippen molar-refractivity contribution in [1.82, 2.24) is 14.7 Å². The fraction of sp³-hybridized carbons (Fsp3) is 0.750. The Morgan fingerprint density at radius 3 is 2.65 bits per heavy atom. The summed E-state index contributed by atoms with van der Waals surface area (Å²) < 4.78 is 7.12. The average molecular weight is 241 g/mol. The normalized spacial score (nSPS) is 11.2. The van der Waals surface area contributed by atoms with Crippen LogP contribution in [0.3, 0.4) is 0 Å².